The van der Waals surface area contributed by atoms with Gasteiger partial charge in [-0.3, -0.25) is 0 Å². The molecule has 0 aromatic heterocycles. The predicted octanol–water partition coefficient (Wildman–Crippen LogP) is 1.67. The van der Waals surface area contributed by atoms with E-state index in [1.807, 2.05) is 0 Å². The van der Waals surface area contributed by atoms with Crippen LogP contribution < -0.4 is 10.6 Å². The van der Waals surface area contributed by atoms with Crippen molar-refractivity contribution >= 4 is 31.5 Å². The van der Waals surface area contributed by atoms with E-state index < -0.39 is 9.05 Å². The van der Waals surface area contributed by atoms with Crippen molar-refractivity contribution in [3.05, 3.63) is 23.8 Å². The molecule has 2 amide bonds. The Morgan fingerprint density at radius 1 is 1.38 bits per heavy atom. The van der Waals surface area contributed by atoms with Gasteiger partial charge in [-0.05, 0) is 30.7 Å². The van der Waals surface area contributed by atoms with Gasteiger partial charge in [-0.15, -0.1) is 0 Å². The van der Waals surface area contributed by atoms with Gasteiger partial charge in [0.05, 0.1) is 4.90 Å². The minimum Gasteiger partial charge on any atom is -0.341 e. The van der Waals surface area contributed by atoms with Crippen LogP contribution in [0.5, 0.6) is 0 Å². The third kappa shape index (κ3) is 3.11. The van der Waals surface area contributed by atoms with E-state index >= 15 is 0 Å². The Bertz CT molecular complexity index is 513. The van der Waals surface area contributed by atoms with E-state index in [2.05, 4.69) is 10.6 Å². The molecule has 0 unspecified atom stereocenters. The summed E-state index contributed by atoms with van der Waals surface area (Å²) in [5.41, 5.74) is 0.977. The van der Waals surface area contributed by atoms with Crippen molar-refractivity contribution in [3.8, 4) is 0 Å². The maximum Gasteiger partial charge on any atom is 0.318 e. The zero-order valence-electron chi connectivity index (χ0n) is 8.74. The quantitative estimate of drug-likeness (QED) is 0.796. The predicted molar refractivity (Wildman–Crippen MR) is 62.3 cm³/mol. The summed E-state index contributed by atoms with van der Waals surface area (Å²) in [5.74, 6) is 0. The summed E-state index contributed by atoms with van der Waals surface area (Å²) in [6, 6.07) is 3.98. The lowest BCUT2D eigenvalue weighted by molar-refractivity contribution is 0.254. The highest BCUT2D eigenvalue weighted by molar-refractivity contribution is 8.13. The average molecular weight is 263 g/mol. The zero-order chi connectivity index (χ0) is 12.3. The number of nitrogens with one attached hydrogen (secondary N) is 2. The van der Waals surface area contributed by atoms with Crippen LogP contribution in [-0.2, 0) is 9.05 Å². The Hall–Kier alpha value is -1.27. The first-order chi connectivity index (χ1) is 7.34. The van der Waals surface area contributed by atoms with Gasteiger partial charge in [-0.2, -0.15) is 0 Å². The van der Waals surface area contributed by atoms with E-state index in [4.69, 9.17) is 10.7 Å². The van der Waals surface area contributed by atoms with Crippen LogP contribution in [0.15, 0.2) is 23.1 Å². The molecule has 0 spiro atoms. The number of amides is 2. The molecule has 16 heavy (non-hydrogen) atoms. The van der Waals surface area contributed by atoms with Crippen LogP contribution in [0.4, 0.5) is 10.5 Å². The van der Waals surface area contributed by atoms with E-state index in [1.54, 1.807) is 6.92 Å². The third-order valence-electron chi connectivity index (χ3n) is 1.92. The lowest BCUT2D eigenvalue weighted by Crippen LogP contribution is -2.24. The molecule has 88 valence electrons. The molecular weight excluding hydrogens is 252 g/mol. The number of benzene rings is 1. The summed E-state index contributed by atoms with van der Waals surface area (Å²) in [5, 5.41) is 4.91. The number of carbonyl (C=O) groups excluding carboxylic acids is 1. The highest BCUT2D eigenvalue weighted by Crippen LogP contribution is 2.22. The molecule has 0 aliphatic rings. The van der Waals surface area contributed by atoms with Crippen molar-refractivity contribution in [3.63, 3.8) is 0 Å². The Morgan fingerprint density at radius 2 is 2.00 bits per heavy atom. The highest BCUT2D eigenvalue weighted by Gasteiger charge is 2.13. The maximum atomic E-state index is 11.1. The average Bonchev–Trinajstić information content (AvgIpc) is 2.15. The molecular formula is C9H11ClN2O3S. The number of carbonyl (C=O) groups is 1. The van der Waals surface area contributed by atoms with Crippen molar-refractivity contribution in [2.45, 2.75) is 11.8 Å². The van der Waals surface area contributed by atoms with Crippen LogP contribution in [0.1, 0.15) is 5.56 Å². The fourth-order valence-corrected chi connectivity index (χ4v) is 2.39. The SMILES string of the molecule is CNC(=O)Nc1ccc(S(=O)(=O)Cl)c(C)c1. The number of halogens is 1. The molecule has 1 aromatic carbocycles. The molecule has 0 radical (unpaired) electrons. The molecule has 2 N–H and O–H groups in total. The normalized spacial score (nSPS) is 10.9. The zero-order valence-corrected chi connectivity index (χ0v) is 10.3. The van der Waals surface area contributed by atoms with Gasteiger partial charge in [0.25, 0.3) is 9.05 Å². The summed E-state index contributed by atoms with van der Waals surface area (Å²) in [4.78, 5) is 11.0. The van der Waals surface area contributed by atoms with Gasteiger partial charge in [0, 0.05) is 23.4 Å². The molecule has 7 heteroatoms. The minimum atomic E-state index is -3.74. The van der Waals surface area contributed by atoms with Crippen LogP contribution in [0, 0.1) is 6.92 Å². The molecule has 0 fully saturated rings. The first-order valence-corrected chi connectivity index (χ1v) is 6.69. The molecule has 5 nitrogen and oxygen atoms in total. The molecule has 0 bridgehead atoms. The van der Waals surface area contributed by atoms with Crippen molar-refractivity contribution in [2.24, 2.45) is 0 Å². The van der Waals surface area contributed by atoms with Gasteiger partial charge in [0.15, 0.2) is 0 Å². The molecule has 0 saturated heterocycles. The van der Waals surface area contributed by atoms with Gasteiger partial charge in [-0.1, -0.05) is 0 Å². The molecule has 0 aliphatic heterocycles. The first kappa shape index (κ1) is 12.8. The molecule has 0 atom stereocenters. The summed E-state index contributed by atoms with van der Waals surface area (Å²) >= 11 is 0. The van der Waals surface area contributed by atoms with Gasteiger partial charge >= 0.3 is 6.03 Å². The Balaban J connectivity index is 3.05. The summed E-state index contributed by atoms with van der Waals surface area (Å²) < 4.78 is 22.2. The van der Waals surface area contributed by atoms with Crippen LogP contribution in [0.2, 0.25) is 0 Å². The van der Waals surface area contributed by atoms with Crippen LogP contribution >= 0.6 is 10.7 Å². The van der Waals surface area contributed by atoms with E-state index in [0.29, 0.717) is 11.3 Å². The number of hydrogen-bond donors (Lipinski definition) is 2. The molecule has 1 aromatic rings. The maximum absolute atomic E-state index is 11.1. The highest BCUT2D eigenvalue weighted by atomic mass is 35.7. The number of hydrogen-bond acceptors (Lipinski definition) is 3. The van der Waals surface area contributed by atoms with Crippen LogP contribution in [0.3, 0.4) is 0 Å². The van der Waals surface area contributed by atoms with Crippen LogP contribution in [0.25, 0.3) is 0 Å². The Morgan fingerprint density at radius 3 is 2.44 bits per heavy atom. The second kappa shape index (κ2) is 4.71. The van der Waals surface area contributed by atoms with Crippen molar-refractivity contribution < 1.29 is 13.2 Å². The Kier molecular flexibility index (Phi) is 3.77. The van der Waals surface area contributed by atoms with Crippen molar-refractivity contribution in [2.75, 3.05) is 12.4 Å². The second-order valence-corrected chi connectivity index (χ2v) is 5.66. The molecule has 0 aliphatic carbocycles. The molecule has 1 rings (SSSR count). The summed E-state index contributed by atoms with van der Waals surface area (Å²) in [7, 11) is 2.97. The topological polar surface area (TPSA) is 75.3 Å². The molecule has 0 heterocycles. The minimum absolute atomic E-state index is 0.0385. The number of urea groups is 1. The summed E-state index contributed by atoms with van der Waals surface area (Å²) in [6.07, 6.45) is 0. The van der Waals surface area contributed by atoms with Gasteiger partial charge in [-0.25, -0.2) is 13.2 Å². The van der Waals surface area contributed by atoms with Gasteiger partial charge in [0.2, 0.25) is 0 Å². The lowest BCUT2D eigenvalue weighted by Gasteiger charge is -2.07. The van der Waals surface area contributed by atoms with Crippen molar-refractivity contribution in [1.29, 1.82) is 0 Å². The Labute approximate surface area is 98.2 Å². The van der Waals surface area contributed by atoms with Gasteiger partial charge in [0.1, 0.15) is 0 Å². The molecule has 0 saturated carbocycles. The first-order valence-electron chi connectivity index (χ1n) is 4.38. The second-order valence-electron chi connectivity index (χ2n) is 3.12. The standard InChI is InChI=1S/C9H11ClN2O3S/c1-6-5-7(12-9(13)11-2)3-4-8(6)16(10,14)15/h3-5H,1-2H3,(H2,11,12,13). The third-order valence-corrected chi connectivity index (χ3v) is 3.40. The van der Waals surface area contributed by atoms with Crippen LogP contribution in [-0.4, -0.2) is 21.5 Å². The lowest BCUT2D eigenvalue weighted by atomic mass is 10.2. The fraction of sp³-hybridized carbons (Fsp3) is 0.222. The van der Waals surface area contributed by atoms with E-state index in [0.717, 1.165) is 0 Å². The largest absolute Gasteiger partial charge is 0.341 e. The van der Waals surface area contributed by atoms with E-state index in [9.17, 15) is 13.2 Å². The number of rotatable bonds is 2. The van der Waals surface area contributed by atoms with E-state index in [1.165, 1.54) is 25.2 Å². The summed E-state index contributed by atoms with van der Waals surface area (Å²) in [6.45, 7) is 1.60. The smallest absolute Gasteiger partial charge is 0.318 e. The van der Waals surface area contributed by atoms with Gasteiger partial charge < -0.3 is 10.6 Å². The monoisotopic (exact) mass is 262 g/mol. The number of aryl methyl sites for hydroxylation is 1. The number of anilines is 1. The van der Waals surface area contributed by atoms with E-state index in [-0.39, 0.29) is 10.9 Å². The fourth-order valence-electron chi connectivity index (χ4n) is 1.19. The van der Waals surface area contributed by atoms with Crippen molar-refractivity contribution in [1.82, 2.24) is 5.32 Å².